The maximum atomic E-state index is 12.9. The number of para-hydroxylation sites is 2. The smallest absolute Gasteiger partial charge is 0.253 e. The van der Waals surface area contributed by atoms with Crippen LogP contribution in [0.25, 0.3) is 0 Å². The summed E-state index contributed by atoms with van der Waals surface area (Å²) in [6.45, 7) is 2.36. The zero-order valence-electron chi connectivity index (χ0n) is 15.4. The molecule has 0 bridgehead atoms. The van der Waals surface area contributed by atoms with Crippen molar-refractivity contribution in [1.82, 2.24) is 10.6 Å². The van der Waals surface area contributed by atoms with Gasteiger partial charge in [-0.1, -0.05) is 48.5 Å². The fourth-order valence-electron chi connectivity index (χ4n) is 3.48. The predicted octanol–water partition coefficient (Wildman–Crippen LogP) is 3.99. The van der Waals surface area contributed by atoms with Crippen LogP contribution >= 0.6 is 0 Å². The molecule has 0 unspecified atom stereocenters. The third kappa shape index (κ3) is 3.71. The summed E-state index contributed by atoms with van der Waals surface area (Å²) in [4.78, 5) is 14.9. The molecule has 3 aromatic carbocycles. The molecule has 0 spiro atoms. The summed E-state index contributed by atoms with van der Waals surface area (Å²) in [5, 5.41) is 6.42. The summed E-state index contributed by atoms with van der Waals surface area (Å²) in [7, 11) is 1.98. The van der Waals surface area contributed by atoms with Crippen LogP contribution in [-0.2, 0) is 19.6 Å². The third-order valence-corrected chi connectivity index (χ3v) is 5.01. The van der Waals surface area contributed by atoms with Crippen molar-refractivity contribution in [2.45, 2.75) is 19.6 Å². The number of amides is 1. The summed E-state index contributed by atoms with van der Waals surface area (Å²) < 4.78 is 0. The highest BCUT2D eigenvalue weighted by Gasteiger charge is 2.15. The number of fused-ring (bicyclic) bond motifs is 1. The van der Waals surface area contributed by atoms with Gasteiger partial charge in [0.25, 0.3) is 5.91 Å². The molecule has 2 N–H and O–H groups in total. The van der Waals surface area contributed by atoms with Gasteiger partial charge in [-0.05, 0) is 41.0 Å². The third-order valence-electron chi connectivity index (χ3n) is 5.01. The molecule has 4 nitrogen and oxygen atoms in total. The van der Waals surface area contributed by atoms with Gasteiger partial charge in [-0.25, -0.2) is 0 Å². The van der Waals surface area contributed by atoms with Crippen LogP contribution in [0.3, 0.4) is 0 Å². The van der Waals surface area contributed by atoms with E-state index in [4.69, 9.17) is 0 Å². The van der Waals surface area contributed by atoms with Crippen LogP contribution in [0.4, 0.5) is 11.4 Å². The van der Waals surface area contributed by atoms with E-state index in [1.807, 2.05) is 66.5 Å². The number of anilines is 2. The molecule has 1 amide bonds. The molecule has 1 heterocycles. The molecule has 0 atom stereocenters. The molecule has 27 heavy (non-hydrogen) atoms. The summed E-state index contributed by atoms with van der Waals surface area (Å²) >= 11 is 0. The molecule has 0 saturated carbocycles. The molecule has 1 aliphatic heterocycles. The average Bonchev–Trinajstić information content (AvgIpc) is 3.20. The van der Waals surface area contributed by atoms with E-state index >= 15 is 0 Å². The van der Waals surface area contributed by atoms with Gasteiger partial charge in [-0.2, -0.15) is 0 Å². The van der Waals surface area contributed by atoms with E-state index < -0.39 is 0 Å². The Kier molecular flexibility index (Phi) is 4.90. The molecular weight excluding hydrogens is 334 g/mol. The maximum Gasteiger partial charge on any atom is 0.253 e. The Hall–Kier alpha value is -3.11. The fraction of sp³-hybridized carbons (Fsp3) is 0.174. The van der Waals surface area contributed by atoms with Gasteiger partial charge in [-0.15, -0.1) is 0 Å². The molecular formula is C23H23N3O. The van der Waals surface area contributed by atoms with Crippen LogP contribution in [0, 0.1) is 0 Å². The Morgan fingerprint density at radius 2 is 1.70 bits per heavy atom. The van der Waals surface area contributed by atoms with Crippen molar-refractivity contribution in [2.75, 3.05) is 11.9 Å². The van der Waals surface area contributed by atoms with Gasteiger partial charge >= 0.3 is 0 Å². The lowest BCUT2D eigenvalue weighted by Gasteiger charge is -2.22. The number of benzene rings is 3. The van der Waals surface area contributed by atoms with Crippen molar-refractivity contribution in [2.24, 2.45) is 0 Å². The van der Waals surface area contributed by atoms with Crippen molar-refractivity contribution in [3.05, 3.63) is 95.1 Å². The lowest BCUT2D eigenvalue weighted by atomic mass is 10.1. The second kappa shape index (κ2) is 7.64. The van der Waals surface area contributed by atoms with Crippen molar-refractivity contribution in [3.8, 4) is 0 Å². The van der Waals surface area contributed by atoms with Crippen LogP contribution in [0.15, 0.2) is 72.8 Å². The van der Waals surface area contributed by atoms with Crippen LogP contribution in [0.1, 0.15) is 27.0 Å². The van der Waals surface area contributed by atoms with Crippen molar-refractivity contribution in [1.29, 1.82) is 0 Å². The second-order valence-electron chi connectivity index (χ2n) is 6.80. The van der Waals surface area contributed by atoms with Gasteiger partial charge in [0, 0.05) is 32.4 Å². The molecule has 4 heteroatoms. The first-order valence-electron chi connectivity index (χ1n) is 9.20. The second-order valence-corrected chi connectivity index (χ2v) is 6.80. The van der Waals surface area contributed by atoms with Crippen LogP contribution in [-0.4, -0.2) is 13.0 Å². The standard InChI is InChI=1S/C23H23N3O/c1-26(20-7-3-2-4-8-20)22-10-6-5-9-21(22)23(27)25-14-17-11-12-18-15-24-16-19(18)13-17/h2-13,24H,14-16H2,1H3,(H,25,27). The van der Waals surface area contributed by atoms with E-state index in [1.54, 1.807) is 0 Å². The summed E-state index contributed by atoms with van der Waals surface area (Å²) in [5.74, 6) is -0.0630. The van der Waals surface area contributed by atoms with Gasteiger partial charge in [0.2, 0.25) is 0 Å². The van der Waals surface area contributed by atoms with E-state index in [2.05, 4.69) is 28.8 Å². The highest BCUT2D eigenvalue weighted by Crippen LogP contribution is 2.26. The van der Waals surface area contributed by atoms with Gasteiger partial charge in [0.15, 0.2) is 0 Å². The van der Waals surface area contributed by atoms with Crippen LogP contribution in [0.5, 0.6) is 0 Å². The molecule has 1 aliphatic rings. The van der Waals surface area contributed by atoms with E-state index in [0.717, 1.165) is 30.0 Å². The normalized spacial score (nSPS) is 12.5. The van der Waals surface area contributed by atoms with Crippen LogP contribution in [0.2, 0.25) is 0 Å². The Morgan fingerprint density at radius 1 is 0.963 bits per heavy atom. The van der Waals surface area contributed by atoms with Gasteiger partial charge in [-0.3, -0.25) is 4.79 Å². The largest absolute Gasteiger partial charge is 0.348 e. The molecule has 0 saturated heterocycles. The average molecular weight is 357 g/mol. The Morgan fingerprint density at radius 3 is 2.56 bits per heavy atom. The van der Waals surface area contributed by atoms with Gasteiger partial charge in [0.05, 0.1) is 11.3 Å². The zero-order valence-corrected chi connectivity index (χ0v) is 15.4. The van der Waals surface area contributed by atoms with Crippen molar-refractivity contribution >= 4 is 17.3 Å². The van der Waals surface area contributed by atoms with Crippen molar-refractivity contribution < 1.29 is 4.79 Å². The number of rotatable bonds is 5. The zero-order chi connectivity index (χ0) is 18.6. The first-order valence-corrected chi connectivity index (χ1v) is 9.20. The SMILES string of the molecule is CN(c1ccccc1)c1ccccc1C(=O)NCc1ccc2c(c1)CNC2. The first kappa shape index (κ1) is 17.3. The highest BCUT2D eigenvalue weighted by atomic mass is 16.1. The predicted molar refractivity (Wildman–Crippen MR) is 109 cm³/mol. The van der Waals surface area contributed by atoms with E-state index in [1.165, 1.54) is 11.1 Å². The lowest BCUT2D eigenvalue weighted by Crippen LogP contribution is -2.25. The Bertz CT molecular complexity index is 953. The summed E-state index contributed by atoms with van der Waals surface area (Å²) in [5.41, 5.74) is 6.40. The fourth-order valence-corrected chi connectivity index (χ4v) is 3.48. The van der Waals surface area contributed by atoms with Crippen LogP contribution < -0.4 is 15.5 Å². The number of hydrogen-bond donors (Lipinski definition) is 2. The van der Waals surface area contributed by atoms with E-state index in [9.17, 15) is 4.79 Å². The first-order chi connectivity index (χ1) is 13.2. The highest BCUT2D eigenvalue weighted by molar-refractivity contribution is 6.00. The molecule has 3 aromatic rings. The topological polar surface area (TPSA) is 44.4 Å². The molecule has 0 fully saturated rings. The summed E-state index contributed by atoms with van der Waals surface area (Å²) in [6.07, 6.45) is 0. The molecule has 4 rings (SSSR count). The number of nitrogens with one attached hydrogen (secondary N) is 2. The number of carbonyl (C=O) groups is 1. The van der Waals surface area contributed by atoms with Gasteiger partial charge < -0.3 is 15.5 Å². The molecule has 0 aromatic heterocycles. The summed E-state index contributed by atoms with van der Waals surface area (Å²) in [6, 6.07) is 24.2. The number of carbonyl (C=O) groups excluding carboxylic acids is 1. The Labute approximate surface area is 159 Å². The molecule has 136 valence electrons. The van der Waals surface area contributed by atoms with E-state index in [0.29, 0.717) is 12.1 Å². The van der Waals surface area contributed by atoms with E-state index in [-0.39, 0.29) is 5.91 Å². The Balaban J connectivity index is 1.51. The minimum absolute atomic E-state index is 0.0630. The maximum absolute atomic E-state index is 12.9. The monoisotopic (exact) mass is 357 g/mol. The minimum Gasteiger partial charge on any atom is -0.348 e. The quantitative estimate of drug-likeness (QED) is 0.726. The van der Waals surface area contributed by atoms with Gasteiger partial charge in [0.1, 0.15) is 0 Å². The number of hydrogen-bond acceptors (Lipinski definition) is 3. The lowest BCUT2D eigenvalue weighted by molar-refractivity contribution is 0.0951. The van der Waals surface area contributed by atoms with Crippen molar-refractivity contribution in [3.63, 3.8) is 0 Å². The minimum atomic E-state index is -0.0630. The number of nitrogens with zero attached hydrogens (tertiary/aromatic N) is 1. The molecule has 0 radical (unpaired) electrons. The molecule has 0 aliphatic carbocycles.